The zero-order valence-electron chi connectivity index (χ0n) is 16.3. The first-order chi connectivity index (χ1) is 13.3. The number of benzene rings is 2. The van der Waals surface area contributed by atoms with Gasteiger partial charge >= 0.3 is 0 Å². The largest absolute Gasteiger partial charge is 0.332 e. The Balaban J connectivity index is 1.67. The van der Waals surface area contributed by atoms with Crippen molar-refractivity contribution in [3.63, 3.8) is 0 Å². The fourth-order valence-electron chi connectivity index (χ4n) is 2.93. The molecule has 2 aromatic rings. The summed E-state index contributed by atoms with van der Waals surface area (Å²) in [6.45, 7) is 5.69. The number of anilines is 2. The van der Waals surface area contributed by atoms with E-state index in [2.05, 4.69) is 10.6 Å². The van der Waals surface area contributed by atoms with Crippen LogP contribution in [0.1, 0.15) is 28.4 Å². The fraction of sp³-hybridized carbons (Fsp3) is 0.286. The smallest absolute Gasteiger partial charge is 0.254 e. The van der Waals surface area contributed by atoms with Crippen molar-refractivity contribution in [2.75, 3.05) is 24.2 Å². The minimum Gasteiger partial charge on any atom is -0.332 e. The first-order valence-corrected chi connectivity index (χ1v) is 9.87. The van der Waals surface area contributed by atoms with Gasteiger partial charge in [0.2, 0.25) is 11.8 Å². The fourth-order valence-corrected chi connectivity index (χ4v) is 3.86. The van der Waals surface area contributed by atoms with Crippen LogP contribution in [0, 0.1) is 13.8 Å². The monoisotopic (exact) mass is 397 g/mol. The number of carbonyl (C=O) groups is 3. The maximum Gasteiger partial charge on any atom is 0.254 e. The Morgan fingerprint density at radius 1 is 1.21 bits per heavy atom. The van der Waals surface area contributed by atoms with Gasteiger partial charge in [-0.3, -0.25) is 14.4 Å². The molecule has 0 aromatic heterocycles. The molecule has 1 aliphatic heterocycles. The van der Waals surface area contributed by atoms with Crippen LogP contribution in [-0.4, -0.2) is 41.5 Å². The van der Waals surface area contributed by atoms with Crippen molar-refractivity contribution in [2.24, 2.45) is 0 Å². The Morgan fingerprint density at radius 3 is 2.71 bits per heavy atom. The third-order valence-corrected chi connectivity index (χ3v) is 5.94. The molecule has 2 N–H and O–H groups in total. The van der Waals surface area contributed by atoms with E-state index in [-0.39, 0.29) is 29.5 Å². The zero-order chi connectivity index (χ0) is 20.4. The van der Waals surface area contributed by atoms with E-state index in [1.54, 1.807) is 19.2 Å². The topological polar surface area (TPSA) is 78.5 Å². The highest BCUT2D eigenvalue weighted by Gasteiger charge is 2.24. The maximum absolute atomic E-state index is 12.7. The van der Waals surface area contributed by atoms with Gasteiger partial charge in [-0.05, 0) is 56.2 Å². The van der Waals surface area contributed by atoms with E-state index >= 15 is 0 Å². The number of likely N-dealkylation sites (N-methyl/N-ethyl adjacent to an activating group) is 1. The third-order valence-electron chi connectivity index (χ3n) is 4.76. The molecule has 3 rings (SSSR count). The van der Waals surface area contributed by atoms with Crippen LogP contribution in [0.4, 0.5) is 11.4 Å². The second-order valence-electron chi connectivity index (χ2n) is 6.92. The lowest BCUT2D eigenvalue weighted by molar-refractivity contribution is -0.117. The number of nitrogens with zero attached hydrogens (tertiary/aromatic N) is 1. The summed E-state index contributed by atoms with van der Waals surface area (Å²) in [5.41, 5.74) is 3.89. The molecule has 0 fully saturated rings. The Morgan fingerprint density at radius 2 is 1.96 bits per heavy atom. The number of carbonyl (C=O) groups excluding carboxylic acids is 3. The highest BCUT2D eigenvalue weighted by molar-refractivity contribution is 8.00. The van der Waals surface area contributed by atoms with Crippen LogP contribution in [-0.2, 0) is 9.59 Å². The van der Waals surface area contributed by atoms with E-state index in [0.29, 0.717) is 11.3 Å². The molecule has 1 aliphatic rings. The summed E-state index contributed by atoms with van der Waals surface area (Å²) in [6.07, 6.45) is 0. The van der Waals surface area contributed by atoms with E-state index in [4.69, 9.17) is 0 Å². The average Bonchev–Trinajstić information content (AvgIpc) is 2.65. The number of thioether (sulfide) groups is 1. The molecule has 0 saturated carbocycles. The van der Waals surface area contributed by atoms with Crippen molar-refractivity contribution in [1.82, 2.24) is 4.90 Å². The van der Waals surface area contributed by atoms with Gasteiger partial charge in [0.25, 0.3) is 5.91 Å². The van der Waals surface area contributed by atoms with Gasteiger partial charge in [0.15, 0.2) is 0 Å². The number of hydrogen-bond acceptors (Lipinski definition) is 4. The standard InChI is InChI=1S/C21H23N3O3S/c1-12-6-5-7-16(13(12)2)22-19(25)11-24(4)21(27)15-8-9-18-17(10-15)23-20(26)14(3)28-18/h5-10,14H,11H2,1-4H3,(H,22,25)(H,23,26)/t14-/m0/s1. The van der Waals surface area contributed by atoms with E-state index in [1.165, 1.54) is 16.7 Å². The molecule has 2 aromatic carbocycles. The van der Waals surface area contributed by atoms with Gasteiger partial charge in [0.05, 0.1) is 17.5 Å². The van der Waals surface area contributed by atoms with Crippen LogP contribution in [0.5, 0.6) is 0 Å². The Bertz CT molecular complexity index is 958. The predicted molar refractivity (Wildman–Crippen MR) is 112 cm³/mol. The van der Waals surface area contributed by atoms with Gasteiger partial charge in [-0.2, -0.15) is 0 Å². The molecular formula is C21H23N3O3S. The van der Waals surface area contributed by atoms with E-state index in [0.717, 1.165) is 21.7 Å². The molecular weight excluding hydrogens is 374 g/mol. The highest BCUT2D eigenvalue weighted by Crippen LogP contribution is 2.36. The second-order valence-corrected chi connectivity index (χ2v) is 8.30. The summed E-state index contributed by atoms with van der Waals surface area (Å²) >= 11 is 1.46. The van der Waals surface area contributed by atoms with Crippen molar-refractivity contribution < 1.29 is 14.4 Å². The average molecular weight is 398 g/mol. The third kappa shape index (κ3) is 4.20. The SMILES string of the molecule is Cc1cccc(NC(=O)CN(C)C(=O)c2ccc3c(c2)NC(=O)[C@H](C)S3)c1C. The second kappa shape index (κ2) is 8.06. The van der Waals surface area contributed by atoms with Crippen LogP contribution in [0.25, 0.3) is 0 Å². The summed E-state index contributed by atoms with van der Waals surface area (Å²) in [5.74, 6) is -0.625. The van der Waals surface area contributed by atoms with Crippen molar-refractivity contribution >= 4 is 40.9 Å². The molecule has 28 heavy (non-hydrogen) atoms. The molecule has 0 spiro atoms. The minimum atomic E-state index is -0.281. The number of fused-ring (bicyclic) bond motifs is 1. The Hall–Kier alpha value is -2.80. The van der Waals surface area contributed by atoms with Crippen molar-refractivity contribution in [3.05, 3.63) is 53.1 Å². The van der Waals surface area contributed by atoms with Crippen LogP contribution < -0.4 is 10.6 Å². The van der Waals surface area contributed by atoms with Gasteiger partial charge in [0, 0.05) is 23.2 Å². The van der Waals surface area contributed by atoms with Crippen molar-refractivity contribution in [1.29, 1.82) is 0 Å². The number of amides is 3. The van der Waals surface area contributed by atoms with Gasteiger partial charge < -0.3 is 15.5 Å². The van der Waals surface area contributed by atoms with Gasteiger partial charge in [0.1, 0.15) is 0 Å². The van der Waals surface area contributed by atoms with Crippen LogP contribution >= 0.6 is 11.8 Å². The van der Waals surface area contributed by atoms with Crippen LogP contribution in [0.15, 0.2) is 41.3 Å². The molecule has 0 saturated heterocycles. The Labute approximate surface area is 168 Å². The van der Waals surface area contributed by atoms with Crippen molar-refractivity contribution in [3.8, 4) is 0 Å². The molecule has 0 bridgehead atoms. The molecule has 6 nitrogen and oxygen atoms in total. The van der Waals surface area contributed by atoms with Gasteiger partial charge in [-0.1, -0.05) is 12.1 Å². The van der Waals surface area contributed by atoms with E-state index < -0.39 is 0 Å². The first-order valence-electron chi connectivity index (χ1n) is 8.99. The summed E-state index contributed by atoms with van der Waals surface area (Å²) in [6, 6.07) is 10.9. The normalized spacial score (nSPS) is 15.4. The molecule has 1 atom stereocenters. The summed E-state index contributed by atoms with van der Waals surface area (Å²) < 4.78 is 0. The first kappa shape index (κ1) is 19.9. The van der Waals surface area contributed by atoms with Gasteiger partial charge in [-0.25, -0.2) is 0 Å². The maximum atomic E-state index is 12.7. The minimum absolute atomic E-state index is 0.0680. The molecule has 1 heterocycles. The summed E-state index contributed by atoms with van der Waals surface area (Å²) in [5, 5.41) is 5.51. The van der Waals surface area contributed by atoms with Crippen LogP contribution in [0.3, 0.4) is 0 Å². The van der Waals surface area contributed by atoms with Gasteiger partial charge in [-0.15, -0.1) is 11.8 Å². The molecule has 146 valence electrons. The predicted octanol–water partition coefficient (Wildman–Crippen LogP) is 3.45. The van der Waals surface area contributed by atoms with E-state index in [9.17, 15) is 14.4 Å². The molecule has 0 radical (unpaired) electrons. The number of hydrogen-bond donors (Lipinski definition) is 2. The number of nitrogens with one attached hydrogen (secondary N) is 2. The number of rotatable bonds is 4. The molecule has 7 heteroatoms. The number of aryl methyl sites for hydroxylation is 1. The lowest BCUT2D eigenvalue weighted by Crippen LogP contribution is -2.35. The molecule has 3 amide bonds. The summed E-state index contributed by atoms with van der Waals surface area (Å²) in [7, 11) is 1.58. The quantitative estimate of drug-likeness (QED) is 0.828. The van der Waals surface area contributed by atoms with E-state index in [1.807, 2.05) is 45.0 Å². The lowest BCUT2D eigenvalue weighted by Gasteiger charge is -2.23. The molecule has 0 aliphatic carbocycles. The molecule has 0 unspecified atom stereocenters. The van der Waals surface area contributed by atoms with Crippen LogP contribution in [0.2, 0.25) is 0 Å². The summed E-state index contributed by atoms with van der Waals surface area (Å²) in [4.78, 5) is 39.2. The van der Waals surface area contributed by atoms with Crippen molar-refractivity contribution in [2.45, 2.75) is 30.9 Å². The Kier molecular flexibility index (Phi) is 5.74. The lowest BCUT2D eigenvalue weighted by atomic mass is 10.1. The zero-order valence-corrected chi connectivity index (χ0v) is 17.1. The highest BCUT2D eigenvalue weighted by atomic mass is 32.2.